The first-order valence-corrected chi connectivity index (χ1v) is 13.2. The third-order valence-electron chi connectivity index (χ3n) is 6.57. The Morgan fingerprint density at radius 1 is 1.20 bits per heavy atom. The Balaban J connectivity index is 1.60. The molecule has 0 aliphatic carbocycles. The number of carbonyl (C=O) groups excluding carboxylic acids is 1. The van der Waals surface area contributed by atoms with Crippen molar-refractivity contribution in [3.63, 3.8) is 0 Å². The molecule has 0 radical (unpaired) electrons. The van der Waals surface area contributed by atoms with Crippen molar-refractivity contribution in [2.24, 2.45) is 0 Å². The molecular formula is C26H25ClN4O2S2. The molecule has 2 fully saturated rings. The number of piperidine rings is 1. The van der Waals surface area contributed by atoms with E-state index in [-0.39, 0.29) is 24.1 Å². The first-order chi connectivity index (χ1) is 16.8. The third kappa shape index (κ3) is 4.50. The van der Waals surface area contributed by atoms with Crippen LogP contribution in [0.4, 0.5) is 5.82 Å². The van der Waals surface area contributed by atoms with E-state index in [0.717, 1.165) is 36.9 Å². The maximum absolute atomic E-state index is 13.7. The average Bonchev–Trinajstić information content (AvgIpc) is 3.10. The van der Waals surface area contributed by atoms with Gasteiger partial charge in [-0.2, -0.15) is 0 Å². The number of benzene rings is 1. The number of fused-ring (bicyclic) bond motifs is 1. The van der Waals surface area contributed by atoms with E-state index >= 15 is 0 Å². The molecule has 35 heavy (non-hydrogen) atoms. The monoisotopic (exact) mass is 524 g/mol. The molecular weight excluding hydrogens is 500 g/mol. The van der Waals surface area contributed by atoms with Crippen LogP contribution in [0.2, 0.25) is 5.02 Å². The minimum absolute atomic E-state index is 0.192. The summed E-state index contributed by atoms with van der Waals surface area (Å²) in [7, 11) is 0. The summed E-state index contributed by atoms with van der Waals surface area (Å²) in [6, 6.07) is 11.4. The van der Waals surface area contributed by atoms with Gasteiger partial charge in [-0.1, -0.05) is 59.8 Å². The number of nitrogens with zero attached hydrogens (tertiary/aromatic N) is 4. The fraction of sp³-hybridized carbons (Fsp3) is 0.308. The van der Waals surface area contributed by atoms with E-state index in [9.17, 15) is 9.59 Å². The fourth-order valence-electron chi connectivity index (χ4n) is 4.62. The van der Waals surface area contributed by atoms with Crippen molar-refractivity contribution in [2.75, 3.05) is 11.4 Å². The minimum atomic E-state index is -0.230. The normalized spacial score (nSPS) is 19.9. The number of pyridine rings is 1. The largest absolute Gasteiger partial charge is 0.353 e. The second-order valence-electron chi connectivity index (χ2n) is 8.94. The summed E-state index contributed by atoms with van der Waals surface area (Å²) in [5.41, 5.74) is 2.60. The number of rotatable bonds is 4. The molecule has 3 aromatic rings. The fourth-order valence-corrected chi connectivity index (χ4v) is 6.06. The Labute approximate surface area is 218 Å². The second kappa shape index (κ2) is 9.76. The van der Waals surface area contributed by atoms with Gasteiger partial charge < -0.3 is 4.90 Å². The van der Waals surface area contributed by atoms with Gasteiger partial charge in [-0.25, -0.2) is 4.98 Å². The van der Waals surface area contributed by atoms with Gasteiger partial charge in [0, 0.05) is 23.8 Å². The Morgan fingerprint density at radius 3 is 2.77 bits per heavy atom. The third-order valence-corrected chi connectivity index (χ3v) is 8.32. The smallest absolute Gasteiger partial charge is 0.267 e. The van der Waals surface area contributed by atoms with Gasteiger partial charge in [-0.15, -0.1) is 0 Å². The number of thiocarbonyl (C=S) groups is 1. The summed E-state index contributed by atoms with van der Waals surface area (Å²) >= 11 is 13.1. The van der Waals surface area contributed by atoms with Gasteiger partial charge in [-0.3, -0.25) is 18.9 Å². The minimum Gasteiger partial charge on any atom is -0.353 e. The van der Waals surface area contributed by atoms with Crippen LogP contribution in [0, 0.1) is 6.92 Å². The van der Waals surface area contributed by atoms with E-state index < -0.39 is 0 Å². The van der Waals surface area contributed by atoms with Crippen LogP contribution in [-0.4, -0.2) is 37.1 Å². The summed E-state index contributed by atoms with van der Waals surface area (Å²) in [4.78, 5) is 36.2. The van der Waals surface area contributed by atoms with Crippen LogP contribution in [0.1, 0.15) is 42.9 Å². The lowest BCUT2D eigenvalue weighted by Crippen LogP contribution is -2.40. The zero-order chi connectivity index (χ0) is 24.7. The van der Waals surface area contributed by atoms with Crippen molar-refractivity contribution in [1.29, 1.82) is 0 Å². The highest BCUT2D eigenvalue weighted by atomic mass is 35.5. The number of amides is 1. The zero-order valence-electron chi connectivity index (χ0n) is 19.5. The van der Waals surface area contributed by atoms with E-state index in [1.54, 1.807) is 22.7 Å². The number of carbonyl (C=O) groups is 1. The number of anilines is 1. The maximum atomic E-state index is 13.7. The van der Waals surface area contributed by atoms with Crippen molar-refractivity contribution in [3.8, 4) is 0 Å². The Kier molecular flexibility index (Phi) is 6.70. The Hall–Kier alpha value is -2.68. The summed E-state index contributed by atoms with van der Waals surface area (Å²) in [5, 5.41) is 0.583. The molecule has 180 valence electrons. The van der Waals surface area contributed by atoms with E-state index in [2.05, 4.69) is 11.8 Å². The molecule has 4 heterocycles. The van der Waals surface area contributed by atoms with Crippen molar-refractivity contribution in [3.05, 3.63) is 79.6 Å². The summed E-state index contributed by atoms with van der Waals surface area (Å²) in [5.74, 6) is 0.402. The molecule has 2 saturated heterocycles. The molecule has 0 spiro atoms. The molecule has 0 saturated carbocycles. The van der Waals surface area contributed by atoms with Gasteiger partial charge in [-0.05, 0) is 62.4 Å². The number of hydrogen-bond donors (Lipinski definition) is 0. The predicted octanol–water partition coefficient (Wildman–Crippen LogP) is 5.44. The number of hydrogen-bond acceptors (Lipinski definition) is 6. The molecule has 1 unspecified atom stereocenters. The van der Waals surface area contributed by atoms with Crippen molar-refractivity contribution in [1.82, 2.24) is 14.3 Å². The Bertz CT molecular complexity index is 1430. The second-order valence-corrected chi connectivity index (χ2v) is 11.0. The van der Waals surface area contributed by atoms with E-state index in [4.69, 9.17) is 28.8 Å². The molecule has 1 aromatic carbocycles. The highest BCUT2D eigenvalue weighted by Gasteiger charge is 2.34. The molecule has 1 amide bonds. The lowest BCUT2D eigenvalue weighted by atomic mass is 10.0. The lowest BCUT2D eigenvalue weighted by molar-refractivity contribution is -0.122. The van der Waals surface area contributed by atoms with Gasteiger partial charge >= 0.3 is 0 Å². The van der Waals surface area contributed by atoms with Crippen LogP contribution in [0.5, 0.6) is 0 Å². The van der Waals surface area contributed by atoms with Crippen LogP contribution in [0.3, 0.4) is 0 Å². The zero-order valence-corrected chi connectivity index (χ0v) is 21.9. The first kappa shape index (κ1) is 24.0. The topological polar surface area (TPSA) is 57.9 Å². The number of thioether (sulfide) groups is 1. The van der Waals surface area contributed by atoms with Gasteiger partial charge in [0.15, 0.2) is 0 Å². The highest BCUT2D eigenvalue weighted by Crippen LogP contribution is 2.36. The molecule has 2 aromatic heterocycles. The first-order valence-electron chi connectivity index (χ1n) is 11.6. The summed E-state index contributed by atoms with van der Waals surface area (Å²) < 4.78 is 2.00. The molecule has 0 N–H and O–H groups in total. The standard InChI is InChI=1S/C26H25ClN4O2S2/c1-16-8-7-13-30-22(16)28-23(29-12-6-5-9-17(29)2)19(24(30)32)14-21-25(33)31(26(34)35-21)15-18-10-3-4-11-20(18)27/h3-4,7-8,10-11,13-14,17H,5-6,9,12,15H2,1-2H3. The number of aromatic nitrogens is 2. The van der Waals surface area contributed by atoms with Gasteiger partial charge in [0.2, 0.25) is 0 Å². The number of aryl methyl sites for hydroxylation is 1. The van der Waals surface area contributed by atoms with Crippen molar-refractivity contribution in [2.45, 2.75) is 45.7 Å². The van der Waals surface area contributed by atoms with E-state index in [1.165, 1.54) is 16.7 Å². The quantitative estimate of drug-likeness (QED) is 0.335. The maximum Gasteiger partial charge on any atom is 0.267 e. The van der Waals surface area contributed by atoms with Crippen molar-refractivity contribution < 1.29 is 4.79 Å². The molecule has 2 aliphatic heterocycles. The van der Waals surface area contributed by atoms with Gasteiger partial charge in [0.05, 0.1) is 17.0 Å². The SMILES string of the molecule is Cc1cccn2c(=O)c(C=C3SC(=S)N(Cc4ccccc4Cl)C3=O)c(N3CCCCC3C)nc12. The molecule has 1 atom stereocenters. The van der Waals surface area contributed by atoms with Crippen molar-refractivity contribution >= 4 is 63.3 Å². The summed E-state index contributed by atoms with van der Waals surface area (Å²) in [6.45, 7) is 5.22. The molecule has 6 nitrogen and oxygen atoms in total. The van der Waals surface area contributed by atoms with E-state index in [1.807, 2.05) is 37.3 Å². The molecule has 9 heteroatoms. The molecule has 5 rings (SSSR count). The average molecular weight is 525 g/mol. The van der Waals surface area contributed by atoms with Gasteiger partial charge in [0.25, 0.3) is 11.5 Å². The van der Waals surface area contributed by atoms with Crippen LogP contribution in [0.25, 0.3) is 11.7 Å². The van der Waals surface area contributed by atoms with Crippen LogP contribution < -0.4 is 10.5 Å². The van der Waals surface area contributed by atoms with Gasteiger partial charge in [0.1, 0.15) is 15.8 Å². The Morgan fingerprint density at radius 2 is 2.00 bits per heavy atom. The number of halogens is 1. The van der Waals surface area contributed by atoms with Crippen LogP contribution in [0.15, 0.2) is 52.3 Å². The predicted molar refractivity (Wildman–Crippen MR) is 147 cm³/mol. The molecule has 2 aliphatic rings. The molecule has 0 bridgehead atoms. The van der Waals surface area contributed by atoms with Crippen LogP contribution in [-0.2, 0) is 11.3 Å². The lowest BCUT2D eigenvalue weighted by Gasteiger charge is -2.35. The van der Waals surface area contributed by atoms with Crippen LogP contribution >= 0.6 is 35.6 Å². The van der Waals surface area contributed by atoms with E-state index in [0.29, 0.717) is 31.3 Å². The summed E-state index contributed by atoms with van der Waals surface area (Å²) in [6.07, 6.45) is 6.62. The highest BCUT2D eigenvalue weighted by molar-refractivity contribution is 8.26.